The zero-order chi connectivity index (χ0) is 29.0. The highest BCUT2D eigenvalue weighted by molar-refractivity contribution is 5.95. The molecule has 0 aliphatic heterocycles. The Bertz CT molecular complexity index is 1510. The van der Waals surface area contributed by atoms with Crippen LogP contribution in [0.2, 0.25) is 0 Å². The number of nitrogens with zero attached hydrogens (tertiary/aromatic N) is 1. The fourth-order valence-electron chi connectivity index (χ4n) is 4.97. The van der Waals surface area contributed by atoms with E-state index in [1.54, 1.807) is 45.4 Å². The molecule has 0 bridgehead atoms. The third-order valence-corrected chi connectivity index (χ3v) is 6.82. The average molecular weight is 547 g/mol. The van der Waals surface area contributed by atoms with Gasteiger partial charge in [-0.05, 0) is 73.7 Å². The number of rotatable bonds is 8. The number of hydrogen-bond acceptors (Lipinski definition) is 8. The maximum Gasteiger partial charge on any atom is 0.247 e. The Balaban J connectivity index is 1.81. The Morgan fingerprint density at radius 2 is 1.77 bits per heavy atom. The number of aryl methyl sites for hydroxylation is 2. The van der Waals surface area contributed by atoms with Crippen molar-refractivity contribution in [3.8, 4) is 28.4 Å². The second-order valence-corrected chi connectivity index (χ2v) is 9.62. The second kappa shape index (κ2) is 12.1. The van der Waals surface area contributed by atoms with Gasteiger partial charge >= 0.3 is 0 Å². The SMILES string of the molecule is COc1cc2c(c(OC)c1OC)-c1ccc(N[C@@H](C)C(=O)Nc3cccc(C)n3)c(=O)cc1[C@@H](NC(C)=O)CC2. The van der Waals surface area contributed by atoms with E-state index in [1.807, 2.05) is 19.1 Å². The summed E-state index contributed by atoms with van der Waals surface area (Å²) in [5.41, 5.74) is 3.70. The first kappa shape index (κ1) is 28.4. The van der Waals surface area contributed by atoms with Gasteiger partial charge in [0.2, 0.25) is 23.0 Å². The molecule has 210 valence electrons. The van der Waals surface area contributed by atoms with Crippen LogP contribution in [-0.4, -0.2) is 44.2 Å². The molecule has 10 nitrogen and oxygen atoms in total. The number of aromatic nitrogens is 1. The van der Waals surface area contributed by atoms with E-state index in [9.17, 15) is 14.4 Å². The molecule has 1 heterocycles. The van der Waals surface area contributed by atoms with Crippen LogP contribution in [0.15, 0.2) is 47.3 Å². The van der Waals surface area contributed by atoms with Gasteiger partial charge in [-0.3, -0.25) is 14.4 Å². The average Bonchev–Trinajstić information content (AvgIpc) is 3.16. The molecule has 1 aliphatic carbocycles. The predicted octanol–water partition coefficient (Wildman–Crippen LogP) is 4.01. The molecule has 0 fully saturated rings. The van der Waals surface area contributed by atoms with E-state index >= 15 is 0 Å². The molecule has 0 unspecified atom stereocenters. The number of carbonyl (C=O) groups excluding carboxylic acids is 2. The lowest BCUT2D eigenvalue weighted by Crippen LogP contribution is -2.33. The van der Waals surface area contributed by atoms with Gasteiger partial charge in [0, 0.05) is 18.2 Å². The molecule has 3 aromatic rings. The van der Waals surface area contributed by atoms with E-state index < -0.39 is 12.1 Å². The van der Waals surface area contributed by atoms with Gasteiger partial charge in [0.1, 0.15) is 11.9 Å². The minimum atomic E-state index is -0.741. The van der Waals surface area contributed by atoms with Crippen molar-refractivity contribution in [1.82, 2.24) is 10.3 Å². The summed E-state index contributed by atoms with van der Waals surface area (Å²) in [7, 11) is 4.64. The van der Waals surface area contributed by atoms with Crippen LogP contribution < -0.4 is 35.6 Å². The van der Waals surface area contributed by atoms with Crippen LogP contribution >= 0.6 is 0 Å². The molecule has 2 atom stereocenters. The summed E-state index contributed by atoms with van der Waals surface area (Å²) in [6.45, 7) is 4.95. The lowest BCUT2D eigenvalue weighted by atomic mass is 9.95. The van der Waals surface area contributed by atoms with E-state index in [2.05, 4.69) is 20.9 Å². The van der Waals surface area contributed by atoms with Crippen molar-refractivity contribution in [2.75, 3.05) is 32.0 Å². The van der Waals surface area contributed by atoms with Crippen LogP contribution in [-0.2, 0) is 16.0 Å². The lowest BCUT2D eigenvalue weighted by molar-refractivity contribution is -0.119. The van der Waals surface area contributed by atoms with Crippen molar-refractivity contribution in [3.05, 3.63) is 69.5 Å². The Hall–Kier alpha value is -4.60. The first-order chi connectivity index (χ1) is 19.2. The smallest absolute Gasteiger partial charge is 0.247 e. The van der Waals surface area contributed by atoms with E-state index in [0.29, 0.717) is 47.0 Å². The Labute approximate surface area is 233 Å². The molecule has 10 heteroatoms. The van der Waals surface area contributed by atoms with E-state index in [4.69, 9.17) is 14.2 Å². The molecule has 0 saturated heterocycles. The van der Waals surface area contributed by atoms with Crippen LogP contribution in [0.5, 0.6) is 17.2 Å². The monoisotopic (exact) mass is 546 g/mol. The van der Waals surface area contributed by atoms with Crippen molar-refractivity contribution < 1.29 is 23.8 Å². The molecule has 4 rings (SSSR count). The van der Waals surface area contributed by atoms with Crippen molar-refractivity contribution in [2.24, 2.45) is 0 Å². The Morgan fingerprint density at radius 1 is 1.02 bits per heavy atom. The van der Waals surface area contributed by atoms with Crippen LogP contribution in [0.1, 0.15) is 43.1 Å². The van der Waals surface area contributed by atoms with E-state index in [-0.39, 0.29) is 22.9 Å². The first-order valence-electron chi connectivity index (χ1n) is 12.9. The normalized spacial score (nSPS) is 14.5. The molecule has 1 aliphatic rings. The number of ether oxygens (including phenoxy) is 3. The maximum absolute atomic E-state index is 13.5. The summed E-state index contributed by atoms with van der Waals surface area (Å²) >= 11 is 0. The molecule has 0 saturated carbocycles. The number of benzene rings is 1. The number of pyridine rings is 1. The number of nitrogens with one attached hydrogen (secondary N) is 3. The number of carbonyl (C=O) groups is 2. The molecule has 1 aromatic heterocycles. The van der Waals surface area contributed by atoms with Gasteiger partial charge in [-0.1, -0.05) is 12.1 Å². The van der Waals surface area contributed by atoms with Gasteiger partial charge < -0.3 is 30.2 Å². The van der Waals surface area contributed by atoms with Crippen molar-refractivity contribution in [3.63, 3.8) is 0 Å². The highest BCUT2D eigenvalue weighted by Crippen LogP contribution is 2.50. The van der Waals surface area contributed by atoms with E-state index in [0.717, 1.165) is 16.8 Å². The molecular weight excluding hydrogens is 512 g/mol. The summed E-state index contributed by atoms with van der Waals surface area (Å²) in [6.07, 6.45) is 1.14. The summed E-state index contributed by atoms with van der Waals surface area (Å²) in [5, 5.41) is 8.79. The van der Waals surface area contributed by atoms with E-state index in [1.165, 1.54) is 20.1 Å². The summed E-state index contributed by atoms with van der Waals surface area (Å²) in [5.74, 6) is 1.29. The summed E-state index contributed by atoms with van der Waals surface area (Å²) < 4.78 is 17.0. The van der Waals surface area contributed by atoms with Crippen molar-refractivity contribution in [2.45, 2.75) is 45.7 Å². The molecular formula is C30H34N4O6. The van der Waals surface area contributed by atoms with Gasteiger partial charge in [0.05, 0.1) is 33.1 Å². The number of methoxy groups -OCH3 is 3. The van der Waals surface area contributed by atoms with Crippen LogP contribution in [0.4, 0.5) is 11.5 Å². The topological polar surface area (TPSA) is 128 Å². The van der Waals surface area contributed by atoms with Crippen molar-refractivity contribution >= 4 is 23.3 Å². The number of anilines is 2. The predicted molar refractivity (Wildman–Crippen MR) is 153 cm³/mol. The highest BCUT2D eigenvalue weighted by Gasteiger charge is 2.29. The third-order valence-electron chi connectivity index (χ3n) is 6.82. The number of hydrogen-bond donors (Lipinski definition) is 3. The number of fused-ring (bicyclic) bond motifs is 3. The molecule has 2 aromatic carbocycles. The fraction of sp³-hybridized carbons (Fsp3) is 0.333. The van der Waals surface area contributed by atoms with Gasteiger partial charge in [-0.15, -0.1) is 0 Å². The van der Waals surface area contributed by atoms with Gasteiger partial charge in [0.25, 0.3) is 0 Å². The molecule has 2 amide bonds. The standard InChI is InChI=1S/C30H34N4O6/c1-16-8-7-9-26(31-16)34-30(37)17(2)32-23-13-11-20-21(15-24(23)36)22(33-18(3)35)12-10-19-14-25(38-4)28(39-5)29(40-6)27(19)20/h7-9,11,13-15,17,22H,10,12H2,1-6H3,(H,32,36)(H,33,35)(H,31,34,37)/t17-,22-/m0/s1. The maximum atomic E-state index is 13.5. The largest absolute Gasteiger partial charge is 0.493 e. The third kappa shape index (κ3) is 5.85. The quantitative estimate of drug-likeness (QED) is 0.387. The lowest BCUT2D eigenvalue weighted by Gasteiger charge is -2.19. The molecule has 0 spiro atoms. The van der Waals surface area contributed by atoms with Crippen molar-refractivity contribution in [1.29, 1.82) is 0 Å². The van der Waals surface area contributed by atoms with Crippen LogP contribution in [0.3, 0.4) is 0 Å². The summed E-state index contributed by atoms with van der Waals surface area (Å²) in [4.78, 5) is 42.8. The Morgan fingerprint density at radius 3 is 2.42 bits per heavy atom. The first-order valence-corrected chi connectivity index (χ1v) is 12.9. The zero-order valence-electron chi connectivity index (χ0n) is 23.5. The van der Waals surface area contributed by atoms with Crippen LogP contribution in [0.25, 0.3) is 11.1 Å². The second-order valence-electron chi connectivity index (χ2n) is 9.62. The number of amides is 2. The van der Waals surface area contributed by atoms with Gasteiger partial charge in [-0.25, -0.2) is 4.98 Å². The Kier molecular flexibility index (Phi) is 8.57. The summed E-state index contributed by atoms with van der Waals surface area (Å²) in [6, 6.07) is 11.0. The minimum absolute atomic E-state index is 0.212. The molecule has 0 radical (unpaired) electrons. The van der Waals surface area contributed by atoms with Crippen LogP contribution in [0, 0.1) is 6.92 Å². The van der Waals surface area contributed by atoms with Gasteiger partial charge in [0.15, 0.2) is 11.5 Å². The zero-order valence-corrected chi connectivity index (χ0v) is 23.5. The minimum Gasteiger partial charge on any atom is -0.493 e. The highest BCUT2D eigenvalue weighted by atomic mass is 16.5. The molecule has 3 N–H and O–H groups in total. The fourth-order valence-corrected chi connectivity index (χ4v) is 4.97. The van der Waals surface area contributed by atoms with Gasteiger partial charge in [-0.2, -0.15) is 0 Å². The molecule has 40 heavy (non-hydrogen) atoms.